The topological polar surface area (TPSA) is 21.3 Å². The molecule has 3 rings (SSSR count). The van der Waals surface area contributed by atoms with E-state index in [1.807, 2.05) is 0 Å². The average Bonchev–Trinajstić information content (AvgIpc) is 2.60. The number of nitrogens with one attached hydrogen (secondary N) is 1. The van der Waals surface area contributed by atoms with Crippen LogP contribution in [-0.2, 0) is 11.2 Å². The second-order valence-electron chi connectivity index (χ2n) is 6.25. The van der Waals surface area contributed by atoms with Gasteiger partial charge in [0.25, 0.3) is 0 Å². The fourth-order valence-corrected chi connectivity index (χ4v) is 3.37. The van der Waals surface area contributed by atoms with Crippen molar-refractivity contribution < 1.29 is 4.74 Å². The zero-order valence-corrected chi connectivity index (χ0v) is 12.6. The third kappa shape index (κ3) is 3.07. The van der Waals surface area contributed by atoms with Crippen molar-refractivity contribution in [1.29, 1.82) is 0 Å². The Morgan fingerprint density at radius 2 is 2.00 bits per heavy atom. The Labute approximate surface area is 122 Å². The Kier molecular flexibility index (Phi) is 4.74. The lowest BCUT2D eigenvalue weighted by Gasteiger charge is -2.35. The normalized spacial score (nSPS) is 26.6. The molecular formula is C18H27NO. The van der Waals surface area contributed by atoms with Crippen LogP contribution in [0.25, 0.3) is 0 Å². The molecule has 110 valence electrons. The minimum atomic E-state index is 0.357. The highest BCUT2D eigenvalue weighted by Gasteiger charge is 2.31. The Balaban J connectivity index is 1.80. The molecule has 0 heterocycles. The number of hydrogen-bond acceptors (Lipinski definition) is 2. The number of ether oxygens (including phenoxy) is 1. The van der Waals surface area contributed by atoms with Crippen molar-refractivity contribution in [3.05, 3.63) is 35.4 Å². The van der Waals surface area contributed by atoms with Gasteiger partial charge in [-0.15, -0.1) is 0 Å². The summed E-state index contributed by atoms with van der Waals surface area (Å²) in [6.07, 6.45) is 9.57. The molecule has 20 heavy (non-hydrogen) atoms. The number of fused-ring (bicyclic) bond motifs is 1. The highest BCUT2D eigenvalue weighted by molar-refractivity contribution is 5.32. The van der Waals surface area contributed by atoms with Crippen molar-refractivity contribution in [2.24, 2.45) is 0 Å². The van der Waals surface area contributed by atoms with E-state index < -0.39 is 0 Å². The smallest absolute Gasteiger partial charge is 0.0773 e. The minimum Gasteiger partial charge on any atom is -0.373 e. The predicted molar refractivity (Wildman–Crippen MR) is 82.9 cm³/mol. The summed E-state index contributed by atoms with van der Waals surface area (Å²) in [4.78, 5) is 0. The van der Waals surface area contributed by atoms with Crippen LogP contribution in [0.1, 0.15) is 62.6 Å². The molecule has 1 aromatic carbocycles. The molecule has 2 aliphatic rings. The highest BCUT2D eigenvalue weighted by Crippen LogP contribution is 2.34. The second kappa shape index (κ2) is 6.73. The molecular weight excluding hydrogens is 246 g/mol. The molecule has 0 amide bonds. The van der Waals surface area contributed by atoms with E-state index in [-0.39, 0.29) is 0 Å². The summed E-state index contributed by atoms with van der Waals surface area (Å²) in [6, 6.07) is 9.31. The molecule has 2 unspecified atom stereocenters. The van der Waals surface area contributed by atoms with Gasteiger partial charge in [-0.1, -0.05) is 31.2 Å². The summed E-state index contributed by atoms with van der Waals surface area (Å²) in [5.41, 5.74) is 2.99. The first-order valence-electron chi connectivity index (χ1n) is 8.35. The maximum atomic E-state index is 6.41. The summed E-state index contributed by atoms with van der Waals surface area (Å²) in [5, 5.41) is 3.75. The lowest BCUT2D eigenvalue weighted by Crippen LogP contribution is -2.38. The number of aryl methyl sites for hydroxylation is 1. The third-order valence-corrected chi connectivity index (χ3v) is 4.73. The van der Waals surface area contributed by atoms with Crippen LogP contribution in [0.4, 0.5) is 0 Å². The van der Waals surface area contributed by atoms with Gasteiger partial charge in [-0.05, 0) is 62.6 Å². The molecule has 1 aromatic rings. The Morgan fingerprint density at radius 1 is 1.15 bits per heavy atom. The molecule has 0 aromatic heterocycles. The van der Waals surface area contributed by atoms with Gasteiger partial charge in [0.1, 0.15) is 0 Å². The van der Waals surface area contributed by atoms with Crippen molar-refractivity contribution in [3.63, 3.8) is 0 Å². The molecule has 0 bridgehead atoms. The van der Waals surface area contributed by atoms with Crippen molar-refractivity contribution >= 4 is 0 Å². The van der Waals surface area contributed by atoms with E-state index in [1.165, 1.54) is 56.1 Å². The molecule has 2 atom stereocenters. The molecule has 2 nitrogen and oxygen atoms in total. The van der Waals surface area contributed by atoms with E-state index in [4.69, 9.17) is 4.74 Å². The van der Waals surface area contributed by atoms with Crippen LogP contribution in [0, 0.1) is 0 Å². The van der Waals surface area contributed by atoms with Gasteiger partial charge in [0.15, 0.2) is 0 Å². The summed E-state index contributed by atoms with van der Waals surface area (Å²) in [6.45, 7) is 3.31. The summed E-state index contributed by atoms with van der Waals surface area (Å²) in [7, 11) is 0. The van der Waals surface area contributed by atoms with Crippen LogP contribution in [0.2, 0.25) is 0 Å². The predicted octanol–water partition coefficient (Wildman–Crippen LogP) is 4.00. The van der Waals surface area contributed by atoms with Gasteiger partial charge in [-0.25, -0.2) is 0 Å². The van der Waals surface area contributed by atoms with Gasteiger partial charge in [-0.2, -0.15) is 0 Å². The molecule has 1 fully saturated rings. The highest BCUT2D eigenvalue weighted by atomic mass is 16.5. The quantitative estimate of drug-likeness (QED) is 0.819. The van der Waals surface area contributed by atoms with Crippen molar-refractivity contribution in [1.82, 2.24) is 5.32 Å². The van der Waals surface area contributed by atoms with Crippen molar-refractivity contribution in [3.8, 4) is 0 Å². The lowest BCUT2D eigenvalue weighted by atomic mass is 9.94. The van der Waals surface area contributed by atoms with Crippen molar-refractivity contribution in [2.45, 2.75) is 70.1 Å². The Bertz CT molecular complexity index is 427. The first-order valence-corrected chi connectivity index (χ1v) is 8.35. The summed E-state index contributed by atoms with van der Waals surface area (Å²) >= 11 is 0. The lowest BCUT2D eigenvalue weighted by molar-refractivity contribution is -0.0696. The van der Waals surface area contributed by atoms with Crippen LogP contribution in [0.3, 0.4) is 0 Å². The van der Waals surface area contributed by atoms with Gasteiger partial charge < -0.3 is 10.1 Å². The number of benzene rings is 1. The van der Waals surface area contributed by atoms with Crippen LogP contribution in [-0.4, -0.2) is 18.8 Å². The van der Waals surface area contributed by atoms with Gasteiger partial charge in [0.05, 0.1) is 18.2 Å². The molecule has 2 aliphatic carbocycles. The maximum absolute atomic E-state index is 6.41. The fraction of sp³-hybridized carbons (Fsp3) is 0.667. The average molecular weight is 273 g/mol. The first-order chi connectivity index (χ1) is 9.88. The molecule has 0 aliphatic heterocycles. The standard InChI is InChI=1S/C18H27NO/c1-2-13-19-18-16-11-4-3-7-14(16)8-5-12-17(18)20-15-9-6-10-15/h3-4,7,11,15,17-19H,2,5-6,8-10,12-13H2,1H3. The molecule has 0 radical (unpaired) electrons. The largest absolute Gasteiger partial charge is 0.373 e. The second-order valence-corrected chi connectivity index (χ2v) is 6.25. The fourth-order valence-electron chi connectivity index (χ4n) is 3.37. The zero-order valence-electron chi connectivity index (χ0n) is 12.6. The Morgan fingerprint density at radius 3 is 2.75 bits per heavy atom. The monoisotopic (exact) mass is 273 g/mol. The third-order valence-electron chi connectivity index (χ3n) is 4.73. The van der Waals surface area contributed by atoms with Crippen LogP contribution >= 0.6 is 0 Å². The first kappa shape index (κ1) is 14.1. The van der Waals surface area contributed by atoms with Crippen LogP contribution in [0.5, 0.6) is 0 Å². The van der Waals surface area contributed by atoms with E-state index in [2.05, 4.69) is 36.5 Å². The van der Waals surface area contributed by atoms with Crippen LogP contribution in [0.15, 0.2) is 24.3 Å². The Hall–Kier alpha value is -0.860. The molecule has 2 heteroatoms. The zero-order chi connectivity index (χ0) is 13.8. The van der Waals surface area contributed by atoms with Gasteiger partial charge >= 0.3 is 0 Å². The SMILES string of the molecule is CCCNC1c2ccccc2CCCC1OC1CCC1. The van der Waals surface area contributed by atoms with Crippen LogP contribution < -0.4 is 5.32 Å². The number of rotatable bonds is 5. The molecule has 1 saturated carbocycles. The molecule has 1 N–H and O–H groups in total. The number of hydrogen-bond donors (Lipinski definition) is 1. The van der Waals surface area contributed by atoms with E-state index in [9.17, 15) is 0 Å². The van der Waals surface area contributed by atoms with E-state index in [1.54, 1.807) is 0 Å². The molecule has 0 spiro atoms. The van der Waals surface area contributed by atoms with E-state index >= 15 is 0 Å². The summed E-state index contributed by atoms with van der Waals surface area (Å²) < 4.78 is 6.41. The van der Waals surface area contributed by atoms with Gasteiger partial charge in [-0.3, -0.25) is 0 Å². The van der Waals surface area contributed by atoms with Gasteiger partial charge in [0, 0.05) is 0 Å². The maximum Gasteiger partial charge on any atom is 0.0773 e. The molecule has 0 saturated heterocycles. The van der Waals surface area contributed by atoms with Gasteiger partial charge in [0.2, 0.25) is 0 Å². The summed E-state index contributed by atoms with van der Waals surface area (Å²) in [5.74, 6) is 0. The van der Waals surface area contributed by atoms with E-state index in [0.29, 0.717) is 18.2 Å². The van der Waals surface area contributed by atoms with Crippen molar-refractivity contribution in [2.75, 3.05) is 6.54 Å². The van der Waals surface area contributed by atoms with E-state index in [0.717, 1.165) is 6.54 Å². The minimum absolute atomic E-state index is 0.357.